The first kappa shape index (κ1) is 25.5. The Morgan fingerprint density at radius 3 is 1.80 bits per heavy atom. The average molecular weight is 484 g/mol. The average Bonchev–Trinajstić information content (AvgIpc) is 2.23. The third-order valence-electron chi connectivity index (χ3n) is 2.77. The second kappa shape index (κ2) is 10.3. The standard InChI is InChI=1S/C12H16As2N2.4ClH/c13-12(14)7-9(3-6-11(12)16)8-1-4-10(15)5-2-8;;;;/h1-6H,7,13-16H2;4*1H. The van der Waals surface area contributed by atoms with Crippen LogP contribution in [0.4, 0.5) is 5.69 Å². The van der Waals surface area contributed by atoms with Crippen molar-refractivity contribution in [1.29, 1.82) is 0 Å². The van der Waals surface area contributed by atoms with Crippen LogP contribution in [-0.4, -0.2) is 33.7 Å². The zero-order valence-corrected chi connectivity index (χ0v) is 18.7. The SMILES string of the molecule is Cl.Cl.Cl.Cl.NC1=CC=C(c2ccc(N)cc2)CC1([AsH2])[AsH2]. The van der Waals surface area contributed by atoms with Crippen LogP contribution in [0.1, 0.15) is 12.0 Å². The maximum absolute atomic E-state index is 6.00. The van der Waals surface area contributed by atoms with Crippen molar-refractivity contribution in [2.45, 2.75) is 9.41 Å². The molecule has 0 bridgehead atoms. The van der Waals surface area contributed by atoms with Gasteiger partial charge in [-0.05, 0) is 0 Å². The van der Waals surface area contributed by atoms with Crippen LogP contribution < -0.4 is 11.5 Å². The number of nitrogens with two attached hydrogens (primary N) is 2. The quantitative estimate of drug-likeness (QED) is 0.474. The van der Waals surface area contributed by atoms with E-state index in [1.165, 1.54) is 11.1 Å². The Morgan fingerprint density at radius 2 is 1.35 bits per heavy atom. The van der Waals surface area contributed by atoms with Gasteiger partial charge in [0.05, 0.1) is 0 Å². The van der Waals surface area contributed by atoms with Crippen molar-refractivity contribution in [2.75, 3.05) is 5.73 Å². The summed E-state index contributed by atoms with van der Waals surface area (Å²) in [7, 11) is 0. The fourth-order valence-corrected chi connectivity index (χ4v) is 3.04. The summed E-state index contributed by atoms with van der Waals surface area (Å²) in [6, 6.07) is 8.04. The van der Waals surface area contributed by atoms with Crippen LogP contribution in [0.25, 0.3) is 5.57 Å². The molecule has 1 aliphatic rings. The Bertz CT molecular complexity index is 473. The molecule has 0 aromatic heterocycles. The summed E-state index contributed by atoms with van der Waals surface area (Å²) >= 11 is 3.41. The zero-order chi connectivity index (χ0) is 11.8. The van der Waals surface area contributed by atoms with E-state index < -0.39 is 0 Å². The zero-order valence-electron chi connectivity index (χ0n) is 10.6. The van der Waals surface area contributed by atoms with Gasteiger partial charge in [-0.2, -0.15) is 0 Å². The van der Waals surface area contributed by atoms with E-state index in [0.717, 1.165) is 17.8 Å². The molecular formula is C12H20As2Cl4N2. The fourth-order valence-electron chi connectivity index (χ4n) is 1.72. The van der Waals surface area contributed by atoms with Crippen LogP contribution in [0.5, 0.6) is 0 Å². The molecule has 0 spiro atoms. The van der Waals surface area contributed by atoms with Gasteiger partial charge in [-0.3, -0.25) is 0 Å². The third-order valence-corrected chi connectivity index (χ3v) is 5.02. The van der Waals surface area contributed by atoms with E-state index in [-0.39, 0.29) is 52.6 Å². The van der Waals surface area contributed by atoms with E-state index >= 15 is 0 Å². The van der Waals surface area contributed by atoms with Gasteiger partial charge < -0.3 is 0 Å². The molecular weight excluding hydrogens is 464 g/mol. The first-order valence-electron chi connectivity index (χ1n) is 5.09. The molecule has 20 heavy (non-hydrogen) atoms. The van der Waals surface area contributed by atoms with Gasteiger partial charge in [0.25, 0.3) is 0 Å². The summed E-state index contributed by atoms with van der Waals surface area (Å²) in [5, 5.41) is 0. The maximum atomic E-state index is 6.00. The van der Waals surface area contributed by atoms with Crippen LogP contribution in [0, 0.1) is 0 Å². The first-order valence-corrected chi connectivity index (χ1v) is 7.52. The molecule has 4 N–H and O–H groups in total. The van der Waals surface area contributed by atoms with Crippen LogP contribution in [0.2, 0.25) is 2.99 Å². The number of nitrogen functional groups attached to an aromatic ring is 1. The molecule has 1 aromatic carbocycles. The van der Waals surface area contributed by atoms with E-state index in [0.29, 0.717) is 0 Å². The van der Waals surface area contributed by atoms with E-state index in [2.05, 4.69) is 18.2 Å². The molecule has 2 atom stereocenters. The minimum absolute atomic E-state index is 0. The predicted molar refractivity (Wildman–Crippen MR) is 104 cm³/mol. The van der Waals surface area contributed by atoms with E-state index in [1.807, 2.05) is 18.2 Å². The number of hydrogen-bond donors (Lipinski definition) is 2. The van der Waals surface area contributed by atoms with Crippen LogP contribution in [-0.2, 0) is 0 Å². The molecule has 116 valence electrons. The van der Waals surface area contributed by atoms with Gasteiger partial charge in [-0.15, -0.1) is 49.6 Å². The molecule has 8 heteroatoms. The third kappa shape index (κ3) is 6.14. The van der Waals surface area contributed by atoms with Crippen LogP contribution >= 0.6 is 49.6 Å². The first-order chi connectivity index (χ1) is 7.49. The Morgan fingerprint density at radius 1 is 0.850 bits per heavy atom. The van der Waals surface area contributed by atoms with Crippen LogP contribution in [0.3, 0.4) is 0 Å². The Labute approximate surface area is 162 Å². The van der Waals surface area contributed by atoms with Crippen molar-refractivity contribution < 1.29 is 0 Å². The van der Waals surface area contributed by atoms with E-state index in [1.54, 1.807) is 33.7 Å². The summed E-state index contributed by atoms with van der Waals surface area (Å²) in [5.74, 6) is 0. The van der Waals surface area contributed by atoms with Crippen molar-refractivity contribution in [3.05, 3.63) is 47.7 Å². The van der Waals surface area contributed by atoms with E-state index in [9.17, 15) is 0 Å². The molecule has 0 saturated heterocycles. The molecule has 2 nitrogen and oxygen atoms in total. The normalized spacial score (nSPS) is 15.1. The summed E-state index contributed by atoms with van der Waals surface area (Å²) in [6.45, 7) is 0. The molecule has 2 rings (SSSR count). The number of benzene rings is 1. The number of allylic oxidation sites excluding steroid dienone is 4. The Kier molecular flexibility index (Phi) is 13.2. The van der Waals surface area contributed by atoms with Gasteiger partial charge in [0, 0.05) is 0 Å². The van der Waals surface area contributed by atoms with Gasteiger partial charge >= 0.3 is 114 Å². The van der Waals surface area contributed by atoms with Crippen molar-refractivity contribution in [1.82, 2.24) is 0 Å². The van der Waals surface area contributed by atoms with Crippen LogP contribution in [0.15, 0.2) is 42.1 Å². The molecule has 0 fully saturated rings. The summed E-state index contributed by atoms with van der Waals surface area (Å²) < 4.78 is 0.172. The summed E-state index contributed by atoms with van der Waals surface area (Å²) in [4.78, 5) is 0. The molecule has 1 aromatic rings. The van der Waals surface area contributed by atoms with Gasteiger partial charge in [-0.25, -0.2) is 0 Å². The van der Waals surface area contributed by atoms with Gasteiger partial charge in [0.15, 0.2) is 0 Å². The second-order valence-electron chi connectivity index (χ2n) is 4.15. The molecule has 0 radical (unpaired) electrons. The monoisotopic (exact) mass is 482 g/mol. The van der Waals surface area contributed by atoms with Crippen molar-refractivity contribution in [3.8, 4) is 0 Å². The molecule has 2 unspecified atom stereocenters. The molecule has 0 aliphatic heterocycles. The predicted octanol–water partition coefficient (Wildman–Crippen LogP) is 1.97. The number of hydrogen-bond acceptors (Lipinski definition) is 2. The van der Waals surface area contributed by atoms with E-state index in [4.69, 9.17) is 11.5 Å². The molecule has 0 amide bonds. The second-order valence-corrected chi connectivity index (χ2v) is 11.4. The molecule has 0 heterocycles. The number of rotatable bonds is 1. The van der Waals surface area contributed by atoms with Crippen molar-refractivity contribution >= 4 is 94.6 Å². The number of anilines is 1. The van der Waals surface area contributed by atoms with Crippen molar-refractivity contribution in [2.24, 2.45) is 5.73 Å². The Hall–Kier alpha value is 0.577. The molecule has 0 saturated carbocycles. The minimum atomic E-state index is 0. The van der Waals surface area contributed by atoms with Gasteiger partial charge in [0.1, 0.15) is 0 Å². The molecule has 1 aliphatic carbocycles. The summed E-state index contributed by atoms with van der Waals surface area (Å²) in [5.41, 5.74) is 16.1. The summed E-state index contributed by atoms with van der Waals surface area (Å²) in [6.07, 6.45) is 5.19. The van der Waals surface area contributed by atoms with Gasteiger partial charge in [0.2, 0.25) is 0 Å². The van der Waals surface area contributed by atoms with Gasteiger partial charge in [-0.1, -0.05) is 0 Å². The topological polar surface area (TPSA) is 52.0 Å². The Balaban J connectivity index is -0.000000722. The number of halogens is 4. The fraction of sp³-hybridized carbons (Fsp3) is 0.167. The van der Waals surface area contributed by atoms with Crippen molar-refractivity contribution in [3.63, 3.8) is 0 Å².